The van der Waals surface area contributed by atoms with Crippen molar-refractivity contribution in [3.8, 4) is 11.1 Å². The number of aromatic nitrogens is 1. The molecule has 2 amide bonds. The Hall–Kier alpha value is -4.77. The van der Waals surface area contributed by atoms with Crippen molar-refractivity contribution in [3.05, 3.63) is 95.2 Å². The lowest BCUT2D eigenvalue weighted by atomic mass is 9.97. The SMILES string of the molecule is CCCCC1=NC2(CCCC2)C(=O)N1Cc1ccc(-c2ccccc2S(=O)(=O)Nc2noc(C)c2C)c(NC(=O)Cc2ccccc2)c1. The Bertz CT molecular complexity index is 1960. The summed E-state index contributed by atoms with van der Waals surface area (Å²) >= 11 is 0. The first-order chi connectivity index (χ1) is 23.1. The highest BCUT2D eigenvalue weighted by atomic mass is 32.2. The van der Waals surface area contributed by atoms with Gasteiger partial charge >= 0.3 is 0 Å². The molecule has 1 saturated carbocycles. The van der Waals surface area contributed by atoms with E-state index in [1.54, 1.807) is 32.0 Å². The summed E-state index contributed by atoms with van der Waals surface area (Å²) in [6, 6.07) is 21.6. The van der Waals surface area contributed by atoms with Crippen LogP contribution < -0.4 is 10.0 Å². The maximum atomic E-state index is 13.8. The number of hydrogen-bond acceptors (Lipinski definition) is 7. The van der Waals surface area contributed by atoms with Crippen molar-refractivity contribution in [3.63, 3.8) is 0 Å². The van der Waals surface area contributed by atoms with Gasteiger partial charge in [-0.05, 0) is 56.4 Å². The third-order valence-electron chi connectivity index (χ3n) is 9.24. The van der Waals surface area contributed by atoms with Gasteiger partial charge in [-0.25, -0.2) is 8.42 Å². The molecule has 3 aromatic carbocycles. The zero-order valence-electron chi connectivity index (χ0n) is 27.6. The minimum Gasteiger partial charge on any atom is -0.359 e. The predicted molar refractivity (Wildman–Crippen MR) is 186 cm³/mol. The molecule has 0 atom stereocenters. The standard InChI is InChI=1S/C37H41N5O5S/c1-4-5-17-33-39-37(20-11-12-21-37)36(44)42(33)24-28-18-19-29(31(22-28)38-34(43)23-27-13-7-6-8-14-27)30-15-9-10-16-32(30)48(45,46)41-35-25(2)26(3)47-40-35/h6-10,13-16,18-19,22H,4-5,11-12,17,20-21,23-24H2,1-3H3,(H,38,43)(H,40,41). The Balaban J connectivity index is 1.37. The number of amidine groups is 1. The quantitative estimate of drug-likeness (QED) is 0.164. The smallest absolute Gasteiger partial charge is 0.263 e. The third-order valence-corrected chi connectivity index (χ3v) is 10.6. The highest BCUT2D eigenvalue weighted by Gasteiger charge is 2.49. The van der Waals surface area contributed by atoms with Crippen LogP contribution in [0.1, 0.15) is 74.3 Å². The number of anilines is 2. The van der Waals surface area contributed by atoms with E-state index in [1.165, 1.54) is 6.07 Å². The molecule has 2 heterocycles. The maximum Gasteiger partial charge on any atom is 0.263 e. The summed E-state index contributed by atoms with van der Waals surface area (Å²) in [6.45, 7) is 5.86. The van der Waals surface area contributed by atoms with Gasteiger partial charge in [-0.1, -0.05) is 92.0 Å². The number of amides is 2. The van der Waals surface area contributed by atoms with Gasteiger partial charge in [0.15, 0.2) is 5.82 Å². The van der Waals surface area contributed by atoms with Crippen LogP contribution in [0.5, 0.6) is 0 Å². The molecule has 0 radical (unpaired) electrons. The van der Waals surface area contributed by atoms with Crippen LogP contribution in [-0.2, 0) is 32.6 Å². The number of carbonyl (C=O) groups excluding carboxylic acids is 2. The predicted octanol–water partition coefficient (Wildman–Crippen LogP) is 7.18. The summed E-state index contributed by atoms with van der Waals surface area (Å²) in [5, 5.41) is 6.93. The summed E-state index contributed by atoms with van der Waals surface area (Å²) < 4.78 is 35.3. The van der Waals surface area contributed by atoms with E-state index >= 15 is 0 Å². The highest BCUT2D eigenvalue weighted by Crippen LogP contribution is 2.41. The fraction of sp³-hybridized carbons (Fsp3) is 0.351. The topological polar surface area (TPSA) is 134 Å². The average molecular weight is 668 g/mol. The van der Waals surface area contributed by atoms with Crippen molar-refractivity contribution in [2.24, 2.45) is 4.99 Å². The first-order valence-corrected chi connectivity index (χ1v) is 18.0. The fourth-order valence-corrected chi connectivity index (χ4v) is 7.78. The van der Waals surface area contributed by atoms with Gasteiger partial charge in [-0.3, -0.25) is 24.2 Å². The number of aliphatic imine (C=N–C) groups is 1. The van der Waals surface area contributed by atoms with Crippen molar-refractivity contribution in [2.75, 3.05) is 10.0 Å². The van der Waals surface area contributed by atoms with Crippen LogP contribution in [0.4, 0.5) is 11.5 Å². The molecule has 48 heavy (non-hydrogen) atoms. The molecule has 0 saturated heterocycles. The van der Waals surface area contributed by atoms with Gasteiger partial charge in [0.1, 0.15) is 17.1 Å². The van der Waals surface area contributed by atoms with Gasteiger partial charge in [0.05, 0.1) is 17.9 Å². The molecule has 1 fully saturated rings. The molecule has 1 spiro atoms. The Labute approximate surface area is 281 Å². The molecule has 6 rings (SSSR count). The second kappa shape index (κ2) is 13.8. The van der Waals surface area contributed by atoms with Crippen LogP contribution >= 0.6 is 0 Å². The Morgan fingerprint density at radius 2 is 1.69 bits per heavy atom. The molecule has 11 heteroatoms. The molecule has 1 aliphatic carbocycles. The maximum absolute atomic E-state index is 13.8. The normalized spacial score (nSPS) is 15.6. The van der Waals surface area contributed by atoms with Crippen LogP contribution in [0.3, 0.4) is 0 Å². The lowest BCUT2D eigenvalue weighted by Crippen LogP contribution is -2.40. The van der Waals surface area contributed by atoms with Gasteiger partial charge in [-0.2, -0.15) is 0 Å². The fourth-order valence-electron chi connectivity index (χ4n) is 6.50. The summed E-state index contributed by atoms with van der Waals surface area (Å²) in [5.41, 5.74) is 2.95. The Morgan fingerprint density at radius 3 is 2.40 bits per heavy atom. The van der Waals surface area contributed by atoms with Gasteiger partial charge in [0.25, 0.3) is 15.9 Å². The first kappa shape index (κ1) is 33.1. The molecule has 2 aliphatic rings. The van der Waals surface area contributed by atoms with E-state index in [2.05, 4.69) is 22.1 Å². The number of carbonyl (C=O) groups is 2. The molecule has 0 unspecified atom stereocenters. The van der Waals surface area contributed by atoms with Gasteiger partial charge < -0.3 is 9.84 Å². The second-order valence-corrected chi connectivity index (χ2v) is 14.3. The zero-order chi connectivity index (χ0) is 33.9. The van der Waals surface area contributed by atoms with E-state index in [4.69, 9.17) is 9.52 Å². The minimum atomic E-state index is -4.11. The number of hydrogen-bond donors (Lipinski definition) is 2. The number of rotatable bonds is 12. The molecule has 4 aromatic rings. The molecular weight excluding hydrogens is 627 g/mol. The number of nitrogens with one attached hydrogen (secondary N) is 2. The molecule has 2 N–H and O–H groups in total. The molecule has 0 bridgehead atoms. The van der Waals surface area contributed by atoms with E-state index in [9.17, 15) is 18.0 Å². The van der Waals surface area contributed by atoms with E-state index in [1.807, 2.05) is 53.4 Å². The van der Waals surface area contributed by atoms with Crippen LogP contribution in [-0.4, -0.2) is 41.7 Å². The van der Waals surface area contributed by atoms with Gasteiger partial charge in [-0.15, -0.1) is 0 Å². The molecule has 250 valence electrons. The zero-order valence-corrected chi connectivity index (χ0v) is 28.4. The van der Waals surface area contributed by atoms with Crippen molar-refractivity contribution < 1.29 is 22.5 Å². The minimum absolute atomic E-state index is 0.0169. The number of benzene rings is 3. The van der Waals surface area contributed by atoms with Crippen LogP contribution in [0.15, 0.2) is 87.2 Å². The Morgan fingerprint density at radius 1 is 0.958 bits per heavy atom. The second-order valence-electron chi connectivity index (χ2n) is 12.7. The molecular formula is C37H41N5O5S. The number of aryl methyl sites for hydroxylation is 1. The van der Waals surface area contributed by atoms with Crippen molar-refractivity contribution in [2.45, 2.75) is 89.1 Å². The molecule has 1 aliphatic heterocycles. The van der Waals surface area contributed by atoms with Crippen molar-refractivity contribution >= 4 is 39.2 Å². The first-order valence-electron chi connectivity index (χ1n) is 16.5. The summed E-state index contributed by atoms with van der Waals surface area (Å²) in [5.74, 6) is 1.25. The van der Waals surface area contributed by atoms with Crippen LogP contribution in [0.2, 0.25) is 0 Å². The van der Waals surface area contributed by atoms with E-state index in [-0.39, 0.29) is 28.9 Å². The summed E-state index contributed by atoms with van der Waals surface area (Å²) in [6.07, 6.45) is 6.31. The molecule has 10 nitrogen and oxygen atoms in total. The number of sulfonamides is 1. The third kappa shape index (κ3) is 6.78. The van der Waals surface area contributed by atoms with Crippen molar-refractivity contribution in [1.82, 2.24) is 10.1 Å². The summed E-state index contributed by atoms with van der Waals surface area (Å²) in [4.78, 5) is 34.1. The van der Waals surface area contributed by atoms with E-state index in [0.29, 0.717) is 34.7 Å². The van der Waals surface area contributed by atoms with Gasteiger partial charge in [0, 0.05) is 28.8 Å². The largest absolute Gasteiger partial charge is 0.359 e. The van der Waals surface area contributed by atoms with Crippen LogP contribution in [0.25, 0.3) is 11.1 Å². The average Bonchev–Trinajstić information content (AvgIpc) is 3.75. The summed E-state index contributed by atoms with van der Waals surface area (Å²) in [7, 11) is -4.11. The van der Waals surface area contributed by atoms with Crippen molar-refractivity contribution in [1.29, 1.82) is 0 Å². The monoisotopic (exact) mass is 667 g/mol. The lowest BCUT2D eigenvalue weighted by molar-refractivity contribution is -0.131. The highest BCUT2D eigenvalue weighted by molar-refractivity contribution is 7.92. The van der Waals surface area contributed by atoms with Crippen LogP contribution in [0, 0.1) is 13.8 Å². The number of unbranched alkanes of at least 4 members (excludes halogenated alkanes) is 1. The molecule has 1 aromatic heterocycles. The van der Waals surface area contributed by atoms with Gasteiger partial charge in [0.2, 0.25) is 5.91 Å². The Kier molecular flexibility index (Phi) is 9.50. The number of nitrogens with zero attached hydrogens (tertiary/aromatic N) is 3. The van der Waals surface area contributed by atoms with E-state index < -0.39 is 15.6 Å². The lowest BCUT2D eigenvalue weighted by Gasteiger charge is -2.23. The van der Waals surface area contributed by atoms with E-state index in [0.717, 1.165) is 61.9 Å².